The van der Waals surface area contributed by atoms with Crippen molar-refractivity contribution in [2.75, 3.05) is 10.7 Å². The number of hydrogen-bond donors (Lipinski definition) is 3. The summed E-state index contributed by atoms with van der Waals surface area (Å²) in [7, 11) is 0. The second-order valence-electron chi connectivity index (χ2n) is 4.14. The van der Waals surface area contributed by atoms with Crippen molar-refractivity contribution in [1.82, 2.24) is 19.9 Å². The molecule has 0 saturated heterocycles. The molecule has 4 N–H and O–H groups in total. The van der Waals surface area contributed by atoms with Crippen molar-refractivity contribution in [2.45, 2.75) is 6.54 Å². The monoisotopic (exact) mass is 267 g/mol. The van der Waals surface area contributed by atoms with Crippen LogP contribution in [-0.2, 0) is 6.54 Å². The van der Waals surface area contributed by atoms with Gasteiger partial charge in [-0.05, 0) is 5.56 Å². The SMILES string of the molecule is NNc1ncc2c(NCc3ccccc3)ncnc2n1. The maximum atomic E-state index is 5.28. The molecule has 0 saturated carbocycles. The van der Waals surface area contributed by atoms with Crippen LogP contribution < -0.4 is 16.6 Å². The maximum absolute atomic E-state index is 5.28. The zero-order valence-corrected chi connectivity index (χ0v) is 10.6. The first-order valence-corrected chi connectivity index (χ1v) is 6.09. The minimum absolute atomic E-state index is 0.324. The highest BCUT2D eigenvalue weighted by molar-refractivity contribution is 5.85. The minimum Gasteiger partial charge on any atom is -0.365 e. The first-order valence-electron chi connectivity index (χ1n) is 6.09. The Hall–Kier alpha value is -2.80. The van der Waals surface area contributed by atoms with Crippen LogP contribution in [0.2, 0.25) is 0 Å². The molecule has 3 aromatic rings. The van der Waals surface area contributed by atoms with Gasteiger partial charge >= 0.3 is 0 Å². The molecule has 0 fully saturated rings. The molecule has 0 amide bonds. The lowest BCUT2D eigenvalue weighted by Gasteiger charge is -2.08. The van der Waals surface area contributed by atoms with E-state index in [4.69, 9.17) is 5.84 Å². The molecule has 100 valence electrons. The van der Waals surface area contributed by atoms with Gasteiger partial charge in [0.2, 0.25) is 5.95 Å². The number of nitrogens with one attached hydrogen (secondary N) is 2. The normalized spacial score (nSPS) is 10.4. The predicted octanol–water partition coefficient (Wildman–Crippen LogP) is 1.32. The standard InChI is InChI=1S/C13H13N7/c14-20-13-16-7-10-11(17-8-18-12(10)19-13)15-6-9-4-2-1-3-5-9/h1-5,7-8H,6,14H2,(H2,15,16,17,18,19,20). The quantitative estimate of drug-likeness (QED) is 0.484. The Kier molecular flexibility index (Phi) is 3.34. The van der Waals surface area contributed by atoms with Crippen molar-refractivity contribution in [2.24, 2.45) is 5.84 Å². The molecule has 7 heteroatoms. The molecule has 0 bridgehead atoms. The summed E-state index contributed by atoms with van der Waals surface area (Å²) in [6, 6.07) is 10.1. The van der Waals surface area contributed by atoms with Gasteiger partial charge in [0.05, 0.1) is 5.39 Å². The molecule has 1 aromatic carbocycles. The number of rotatable bonds is 4. The van der Waals surface area contributed by atoms with E-state index in [-0.39, 0.29) is 0 Å². The zero-order valence-electron chi connectivity index (χ0n) is 10.6. The van der Waals surface area contributed by atoms with Crippen molar-refractivity contribution in [1.29, 1.82) is 0 Å². The fourth-order valence-electron chi connectivity index (χ4n) is 1.84. The molecular formula is C13H13N7. The van der Waals surface area contributed by atoms with E-state index in [1.807, 2.05) is 30.3 Å². The number of aromatic nitrogens is 4. The highest BCUT2D eigenvalue weighted by Gasteiger charge is 2.06. The Morgan fingerprint density at radius 2 is 1.90 bits per heavy atom. The predicted molar refractivity (Wildman–Crippen MR) is 76.7 cm³/mol. The van der Waals surface area contributed by atoms with Gasteiger partial charge < -0.3 is 5.32 Å². The van der Waals surface area contributed by atoms with Gasteiger partial charge in [-0.2, -0.15) is 4.98 Å². The molecule has 2 aromatic heterocycles. The van der Waals surface area contributed by atoms with Crippen LogP contribution in [0.5, 0.6) is 0 Å². The van der Waals surface area contributed by atoms with Crippen LogP contribution in [0.4, 0.5) is 11.8 Å². The van der Waals surface area contributed by atoms with Gasteiger partial charge in [0, 0.05) is 12.7 Å². The molecule has 2 heterocycles. The molecule has 0 aliphatic rings. The summed E-state index contributed by atoms with van der Waals surface area (Å²) in [6.45, 7) is 0.670. The van der Waals surface area contributed by atoms with Crippen LogP contribution in [0.25, 0.3) is 11.0 Å². The second-order valence-corrected chi connectivity index (χ2v) is 4.14. The zero-order chi connectivity index (χ0) is 13.8. The van der Waals surface area contributed by atoms with Gasteiger partial charge in [0.25, 0.3) is 0 Å². The van der Waals surface area contributed by atoms with Crippen molar-refractivity contribution in [3.63, 3.8) is 0 Å². The van der Waals surface area contributed by atoms with Gasteiger partial charge in [-0.25, -0.2) is 20.8 Å². The van der Waals surface area contributed by atoms with Crippen LogP contribution >= 0.6 is 0 Å². The van der Waals surface area contributed by atoms with E-state index in [9.17, 15) is 0 Å². The van der Waals surface area contributed by atoms with Crippen LogP contribution in [-0.4, -0.2) is 19.9 Å². The summed E-state index contributed by atoms with van der Waals surface area (Å²) >= 11 is 0. The average Bonchev–Trinajstić information content (AvgIpc) is 2.53. The number of nitrogen functional groups attached to an aromatic ring is 1. The summed E-state index contributed by atoms with van der Waals surface area (Å²) in [5, 5.41) is 4.01. The van der Waals surface area contributed by atoms with E-state index in [0.29, 0.717) is 24.0 Å². The van der Waals surface area contributed by atoms with E-state index in [1.54, 1.807) is 6.20 Å². The number of hydrogen-bond acceptors (Lipinski definition) is 7. The molecule has 0 unspecified atom stereocenters. The summed E-state index contributed by atoms with van der Waals surface area (Å²) in [5.74, 6) is 6.30. The molecule has 20 heavy (non-hydrogen) atoms. The Balaban J connectivity index is 1.88. The van der Waals surface area contributed by atoms with Crippen LogP contribution in [0.1, 0.15) is 5.56 Å². The lowest BCUT2D eigenvalue weighted by Crippen LogP contribution is -2.11. The summed E-state index contributed by atoms with van der Waals surface area (Å²) in [5.41, 5.74) is 4.10. The molecule has 0 atom stereocenters. The second kappa shape index (κ2) is 5.45. The van der Waals surface area contributed by atoms with Gasteiger partial charge in [0.1, 0.15) is 12.1 Å². The Bertz CT molecular complexity index is 714. The maximum Gasteiger partial charge on any atom is 0.239 e. The molecule has 7 nitrogen and oxygen atoms in total. The van der Waals surface area contributed by atoms with Gasteiger partial charge in [-0.1, -0.05) is 30.3 Å². The summed E-state index contributed by atoms with van der Waals surface area (Å²) in [6.07, 6.45) is 3.10. The van der Waals surface area contributed by atoms with Crippen molar-refractivity contribution in [3.05, 3.63) is 48.4 Å². The van der Waals surface area contributed by atoms with E-state index < -0.39 is 0 Å². The fourth-order valence-corrected chi connectivity index (χ4v) is 1.84. The molecule has 0 aliphatic carbocycles. The third-order valence-corrected chi connectivity index (χ3v) is 2.82. The molecule has 3 rings (SSSR count). The van der Waals surface area contributed by atoms with Crippen molar-refractivity contribution < 1.29 is 0 Å². The van der Waals surface area contributed by atoms with Crippen molar-refractivity contribution >= 4 is 22.8 Å². The van der Waals surface area contributed by atoms with Gasteiger partial charge in [0.15, 0.2) is 5.65 Å². The summed E-state index contributed by atoms with van der Waals surface area (Å²) < 4.78 is 0. The number of anilines is 2. The molecule has 0 aliphatic heterocycles. The van der Waals surface area contributed by atoms with E-state index >= 15 is 0 Å². The Labute approximate surface area is 115 Å². The first kappa shape index (κ1) is 12.2. The molecule has 0 spiro atoms. The fraction of sp³-hybridized carbons (Fsp3) is 0.0769. The van der Waals surface area contributed by atoms with Crippen LogP contribution in [0.15, 0.2) is 42.9 Å². The lowest BCUT2D eigenvalue weighted by molar-refractivity contribution is 1.07. The van der Waals surface area contributed by atoms with Crippen LogP contribution in [0, 0.1) is 0 Å². The number of nitrogens with zero attached hydrogens (tertiary/aromatic N) is 4. The third kappa shape index (κ3) is 2.47. The summed E-state index contributed by atoms with van der Waals surface area (Å²) in [4.78, 5) is 16.6. The van der Waals surface area contributed by atoms with E-state index in [1.165, 1.54) is 11.9 Å². The van der Waals surface area contributed by atoms with Crippen LogP contribution in [0.3, 0.4) is 0 Å². The number of hydrazine groups is 1. The van der Waals surface area contributed by atoms with Crippen molar-refractivity contribution in [3.8, 4) is 0 Å². The molecular weight excluding hydrogens is 254 g/mol. The van der Waals surface area contributed by atoms with E-state index in [2.05, 4.69) is 30.7 Å². The third-order valence-electron chi connectivity index (χ3n) is 2.82. The van der Waals surface area contributed by atoms with Gasteiger partial charge in [-0.3, -0.25) is 5.43 Å². The Morgan fingerprint density at radius 1 is 1.05 bits per heavy atom. The average molecular weight is 267 g/mol. The van der Waals surface area contributed by atoms with Gasteiger partial charge in [-0.15, -0.1) is 0 Å². The molecule has 0 radical (unpaired) electrons. The lowest BCUT2D eigenvalue weighted by atomic mass is 10.2. The van der Waals surface area contributed by atoms with E-state index in [0.717, 1.165) is 5.39 Å². The highest BCUT2D eigenvalue weighted by Crippen LogP contribution is 2.18. The minimum atomic E-state index is 0.324. The smallest absolute Gasteiger partial charge is 0.239 e. The highest BCUT2D eigenvalue weighted by atomic mass is 15.3. The largest absolute Gasteiger partial charge is 0.365 e. The number of benzene rings is 1. The number of nitrogens with two attached hydrogens (primary N) is 1. The topological polar surface area (TPSA) is 102 Å². The Morgan fingerprint density at radius 3 is 2.70 bits per heavy atom. The first-order chi connectivity index (χ1) is 9.86. The number of fused-ring (bicyclic) bond motifs is 1.